The van der Waals surface area contributed by atoms with Crippen molar-refractivity contribution in [3.8, 4) is 22.4 Å². The molecule has 0 saturated carbocycles. The second kappa shape index (κ2) is 15.7. The lowest BCUT2D eigenvalue weighted by Gasteiger charge is -2.32. The van der Waals surface area contributed by atoms with Gasteiger partial charge in [0.2, 0.25) is 5.91 Å². The van der Waals surface area contributed by atoms with E-state index in [0.29, 0.717) is 29.8 Å². The number of rotatable bonds is 6. The average Bonchev–Trinajstić information content (AvgIpc) is 3.07. The minimum Gasteiger partial charge on any atom is -0.312 e. The molecule has 1 aliphatic heterocycles. The fraction of sp³-hybridized carbons (Fsp3) is 0.158. The first-order valence-corrected chi connectivity index (χ1v) is 16.4. The Bertz CT molecular complexity index is 2260. The highest BCUT2D eigenvalue weighted by Gasteiger charge is 2.32. The molecule has 0 N–H and O–H groups in total. The molecule has 2 heterocycles. The Hall–Kier alpha value is -4.94. The molecule has 270 valence electrons. The summed E-state index contributed by atoms with van der Waals surface area (Å²) < 4.78 is 113. The van der Waals surface area contributed by atoms with Gasteiger partial charge in [-0.25, -0.2) is 35.1 Å². The lowest BCUT2D eigenvalue weighted by atomic mass is 9.90. The molecule has 0 aliphatic carbocycles. The predicted molar refractivity (Wildman–Crippen MR) is 183 cm³/mol. The Balaban J connectivity index is 0.000000201. The van der Waals surface area contributed by atoms with Crippen molar-refractivity contribution < 1.29 is 39.9 Å². The third kappa shape index (κ3) is 7.63. The van der Waals surface area contributed by atoms with E-state index in [0.717, 1.165) is 28.8 Å². The Kier molecular flexibility index (Phi) is 11.6. The molecule has 5 aromatic rings. The predicted octanol–water partition coefficient (Wildman–Crippen LogP) is 10.8. The van der Waals surface area contributed by atoms with E-state index >= 15 is 0 Å². The molecule has 0 atom stereocenters. The molecule has 4 nitrogen and oxygen atoms in total. The standard InChI is InChI=1S/C19H14ClF4NO.C19H12ClF4NO/c2*1-2-25-17(26)6-4-12(13-7-10(21)3-5-14(13)20)19(25)18-15(23)8-11(22)9-16(18)24/h3,5,7-9H,2,4,6H2,1H3;3-9H,2H2,1H3. The molecule has 0 unspecified atom stereocenters. The molecule has 6 rings (SSSR count). The van der Waals surface area contributed by atoms with Crippen molar-refractivity contribution in [1.29, 1.82) is 0 Å². The smallest absolute Gasteiger partial charge is 0.251 e. The summed E-state index contributed by atoms with van der Waals surface area (Å²) in [5, 5.41) is 0.323. The third-order valence-electron chi connectivity index (χ3n) is 8.22. The van der Waals surface area contributed by atoms with E-state index in [4.69, 9.17) is 23.2 Å². The summed E-state index contributed by atoms with van der Waals surface area (Å²) in [4.78, 5) is 25.7. The lowest BCUT2D eigenvalue weighted by Crippen LogP contribution is -2.33. The van der Waals surface area contributed by atoms with Crippen LogP contribution in [-0.4, -0.2) is 21.9 Å². The first kappa shape index (κ1) is 38.3. The van der Waals surface area contributed by atoms with E-state index in [9.17, 15) is 44.7 Å². The van der Waals surface area contributed by atoms with Crippen LogP contribution in [0.4, 0.5) is 35.1 Å². The summed E-state index contributed by atoms with van der Waals surface area (Å²) >= 11 is 12.3. The number of halogens is 10. The van der Waals surface area contributed by atoms with Crippen LogP contribution >= 0.6 is 23.2 Å². The van der Waals surface area contributed by atoms with E-state index in [1.807, 2.05) is 0 Å². The number of allylic oxidation sites excluding steroid dienone is 1. The summed E-state index contributed by atoms with van der Waals surface area (Å²) in [6.45, 7) is 3.49. The van der Waals surface area contributed by atoms with Gasteiger partial charge in [-0.3, -0.25) is 9.59 Å². The largest absolute Gasteiger partial charge is 0.312 e. The number of amides is 1. The molecule has 4 aromatic carbocycles. The number of aromatic nitrogens is 1. The third-order valence-corrected chi connectivity index (χ3v) is 8.88. The maximum atomic E-state index is 14.4. The maximum Gasteiger partial charge on any atom is 0.251 e. The molecule has 52 heavy (non-hydrogen) atoms. The fourth-order valence-corrected chi connectivity index (χ4v) is 6.46. The number of carbonyl (C=O) groups excluding carboxylic acids is 1. The first-order chi connectivity index (χ1) is 24.7. The highest BCUT2D eigenvalue weighted by Crippen LogP contribution is 2.42. The Morgan fingerprint density at radius 3 is 1.58 bits per heavy atom. The van der Waals surface area contributed by atoms with Crippen LogP contribution in [0.3, 0.4) is 0 Å². The van der Waals surface area contributed by atoms with E-state index in [1.165, 1.54) is 29.2 Å². The van der Waals surface area contributed by atoms with Crippen LogP contribution in [0, 0.1) is 46.5 Å². The van der Waals surface area contributed by atoms with Crippen LogP contribution in [-0.2, 0) is 11.3 Å². The molecule has 0 saturated heterocycles. The van der Waals surface area contributed by atoms with Gasteiger partial charge in [-0.2, -0.15) is 0 Å². The molecule has 0 fully saturated rings. The van der Waals surface area contributed by atoms with E-state index in [1.54, 1.807) is 13.8 Å². The Morgan fingerprint density at radius 2 is 1.06 bits per heavy atom. The van der Waals surface area contributed by atoms with Crippen molar-refractivity contribution in [3.05, 3.63) is 151 Å². The van der Waals surface area contributed by atoms with Gasteiger partial charge in [0.05, 0.1) is 22.5 Å². The van der Waals surface area contributed by atoms with Gasteiger partial charge in [0.15, 0.2) is 0 Å². The normalized spacial score (nSPS) is 13.0. The van der Waals surface area contributed by atoms with Crippen molar-refractivity contribution in [2.24, 2.45) is 0 Å². The Labute approximate surface area is 302 Å². The summed E-state index contributed by atoms with van der Waals surface area (Å²) in [7, 11) is 0. The van der Waals surface area contributed by atoms with Gasteiger partial charge in [0.1, 0.15) is 46.5 Å². The minimum absolute atomic E-state index is 0.0498. The van der Waals surface area contributed by atoms with Crippen LogP contribution in [0.1, 0.15) is 37.8 Å². The van der Waals surface area contributed by atoms with Gasteiger partial charge in [0, 0.05) is 76.6 Å². The molecule has 1 aliphatic rings. The number of hydrogen-bond acceptors (Lipinski definition) is 2. The van der Waals surface area contributed by atoms with Crippen LogP contribution < -0.4 is 5.56 Å². The zero-order valence-corrected chi connectivity index (χ0v) is 28.8. The molecular formula is C38H26Cl2F8N2O2. The van der Waals surface area contributed by atoms with Crippen LogP contribution in [0.25, 0.3) is 33.7 Å². The number of nitrogens with zero attached hydrogens (tertiary/aromatic N) is 2. The van der Waals surface area contributed by atoms with E-state index in [2.05, 4.69) is 0 Å². The van der Waals surface area contributed by atoms with Gasteiger partial charge >= 0.3 is 0 Å². The second-order valence-corrected chi connectivity index (χ2v) is 12.2. The van der Waals surface area contributed by atoms with Gasteiger partial charge in [-0.1, -0.05) is 23.2 Å². The first-order valence-electron chi connectivity index (χ1n) is 15.6. The highest BCUT2D eigenvalue weighted by atomic mass is 35.5. The monoisotopic (exact) mass is 764 g/mol. The quantitative estimate of drug-likeness (QED) is 0.162. The summed E-state index contributed by atoms with van der Waals surface area (Å²) in [5.41, 5.74) is -0.919. The van der Waals surface area contributed by atoms with Gasteiger partial charge < -0.3 is 9.47 Å². The average molecular weight is 766 g/mol. The minimum atomic E-state index is -1.18. The molecule has 0 spiro atoms. The fourth-order valence-electron chi connectivity index (χ4n) is 6.00. The molecular weight excluding hydrogens is 739 g/mol. The molecule has 0 radical (unpaired) electrons. The number of hydrogen-bond donors (Lipinski definition) is 0. The van der Waals surface area contributed by atoms with E-state index < -0.39 is 63.2 Å². The molecule has 1 aromatic heterocycles. The van der Waals surface area contributed by atoms with Crippen LogP contribution in [0.15, 0.2) is 77.6 Å². The van der Waals surface area contributed by atoms with Crippen LogP contribution in [0.2, 0.25) is 10.0 Å². The van der Waals surface area contributed by atoms with Crippen molar-refractivity contribution in [2.45, 2.75) is 33.2 Å². The molecule has 1 amide bonds. The topological polar surface area (TPSA) is 42.3 Å². The second-order valence-electron chi connectivity index (χ2n) is 11.4. The summed E-state index contributed by atoms with van der Waals surface area (Å²) in [6.07, 6.45) is 0.216. The SMILES string of the molecule is CCN1C(=O)CCC(c2cc(F)ccc2Cl)=C1c1c(F)cc(F)cc1F.CCn1c(-c2c(F)cc(F)cc2F)c(-c2cc(F)ccc2Cl)ccc1=O. The zero-order valence-electron chi connectivity index (χ0n) is 27.2. The highest BCUT2D eigenvalue weighted by molar-refractivity contribution is 6.33. The lowest BCUT2D eigenvalue weighted by molar-refractivity contribution is -0.128. The van der Waals surface area contributed by atoms with Crippen molar-refractivity contribution in [2.75, 3.05) is 6.54 Å². The van der Waals surface area contributed by atoms with Crippen molar-refractivity contribution in [3.63, 3.8) is 0 Å². The van der Waals surface area contributed by atoms with Gasteiger partial charge in [0.25, 0.3) is 5.56 Å². The van der Waals surface area contributed by atoms with Crippen molar-refractivity contribution in [1.82, 2.24) is 9.47 Å². The number of pyridine rings is 1. The molecule has 14 heteroatoms. The Morgan fingerprint density at radius 1 is 0.558 bits per heavy atom. The van der Waals surface area contributed by atoms with Crippen molar-refractivity contribution >= 4 is 40.4 Å². The van der Waals surface area contributed by atoms with Gasteiger partial charge in [-0.05, 0) is 68.3 Å². The number of benzene rings is 4. The zero-order chi connectivity index (χ0) is 38.0. The summed E-state index contributed by atoms with van der Waals surface area (Å²) in [5.74, 6) is -8.31. The van der Waals surface area contributed by atoms with Crippen LogP contribution in [0.5, 0.6) is 0 Å². The summed E-state index contributed by atoms with van der Waals surface area (Å²) in [6, 6.07) is 11.8. The van der Waals surface area contributed by atoms with Gasteiger partial charge in [-0.15, -0.1) is 0 Å². The van der Waals surface area contributed by atoms with E-state index in [-0.39, 0.29) is 70.0 Å². The number of carbonyl (C=O) groups is 1. The molecule has 0 bridgehead atoms. The maximum absolute atomic E-state index is 14.4.